The van der Waals surface area contributed by atoms with Crippen LogP contribution < -0.4 is 0 Å². The highest BCUT2D eigenvalue weighted by molar-refractivity contribution is 5.77. The van der Waals surface area contributed by atoms with Crippen LogP contribution in [0.2, 0.25) is 0 Å². The molecule has 14 heavy (non-hydrogen) atoms. The minimum absolute atomic E-state index is 1.04. The Bertz CT molecular complexity index is 302. The second-order valence-corrected chi connectivity index (χ2v) is 3.38. The Morgan fingerprint density at radius 2 is 1.71 bits per heavy atom. The van der Waals surface area contributed by atoms with Gasteiger partial charge in [-0.05, 0) is 48.4 Å². The highest BCUT2D eigenvalue weighted by atomic mass is 14.3. The van der Waals surface area contributed by atoms with Crippen molar-refractivity contribution >= 4 is 6.21 Å². The molecule has 0 aromatic heterocycles. The molecule has 1 aliphatic carbocycles. The third-order valence-electron chi connectivity index (χ3n) is 2.54. The van der Waals surface area contributed by atoms with Crippen LogP contribution in [0.15, 0.2) is 18.2 Å². The summed E-state index contributed by atoms with van der Waals surface area (Å²) in [7, 11) is 0. The molecule has 0 unspecified atom stereocenters. The third-order valence-corrected chi connectivity index (χ3v) is 2.54. The van der Waals surface area contributed by atoms with Crippen molar-refractivity contribution in [3.63, 3.8) is 0 Å². The summed E-state index contributed by atoms with van der Waals surface area (Å²) < 4.78 is 0. The zero-order valence-electron chi connectivity index (χ0n) is 9.14. The molecule has 0 fully saturated rings. The lowest BCUT2D eigenvalue weighted by Gasteiger charge is -2.15. The summed E-state index contributed by atoms with van der Waals surface area (Å²) in [5, 5.41) is 7.14. The van der Waals surface area contributed by atoms with Gasteiger partial charge in [0.1, 0.15) is 0 Å². The Labute approximate surface area is 86.7 Å². The molecule has 1 aliphatic rings. The van der Waals surface area contributed by atoms with Crippen LogP contribution in [-0.4, -0.2) is 6.21 Å². The molecule has 0 saturated heterocycles. The highest BCUT2D eigenvalue weighted by Gasteiger charge is 2.08. The molecule has 1 aromatic carbocycles. The van der Waals surface area contributed by atoms with Crippen LogP contribution in [0.3, 0.4) is 0 Å². The van der Waals surface area contributed by atoms with Gasteiger partial charge in [-0.15, -0.1) is 0 Å². The van der Waals surface area contributed by atoms with Gasteiger partial charge in [0.25, 0.3) is 0 Å². The molecule has 0 saturated carbocycles. The summed E-state index contributed by atoms with van der Waals surface area (Å²) in [4.78, 5) is 0. The Kier molecular flexibility index (Phi) is 4.37. The second-order valence-electron chi connectivity index (χ2n) is 3.38. The molecule has 0 amide bonds. The quantitative estimate of drug-likeness (QED) is 0.653. The summed E-state index contributed by atoms with van der Waals surface area (Å²) >= 11 is 0. The Morgan fingerprint density at radius 1 is 1.07 bits per heavy atom. The molecule has 76 valence electrons. The first-order chi connectivity index (χ1) is 6.90. The van der Waals surface area contributed by atoms with E-state index >= 15 is 0 Å². The van der Waals surface area contributed by atoms with Crippen molar-refractivity contribution < 1.29 is 0 Å². The molecule has 0 atom stereocenters. The SMILES string of the molecule is CC.N=Cc1ccc2c(c1)CCCC2. The minimum Gasteiger partial charge on any atom is -0.308 e. The van der Waals surface area contributed by atoms with Gasteiger partial charge in [0.15, 0.2) is 0 Å². The van der Waals surface area contributed by atoms with Crippen LogP contribution in [0.5, 0.6) is 0 Å². The standard InChI is InChI=1S/C11H13N.C2H6/c12-8-9-5-6-10-3-1-2-4-11(10)7-9;1-2/h5-8,12H,1-4H2;1-2H3. The van der Waals surface area contributed by atoms with Gasteiger partial charge in [-0.1, -0.05) is 26.0 Å². The maximum atomic E-state index is 7.14. The molecule has 0 radical (unpaired) electrons. The number of fused-ring (bicyclic) bond motifs is 1. The zero-order chi connectivity index (χ0) is 10.4. The van der Waals surface area contributed by atoms with Crippen molar-refractivity contribution in [2.45, 2.75) is 39.5 Å². The van der Waals surface area contributed by atoms with Crippen molar-refractivity contribution in [1.29, 1.82) is 5.41 Å². The average Bonchev–Trinajstić information content (AvgIpc) is 2.31. The van der Waals surface area contributed by atoms with Crippen molar-refractivity contribution in [3.05, 3.63) is 34.9 Å². The summed E-state index contributed by atoms with van der Waals surface area (Å²) in [6, 6.07) is 6.37. The zero-order valence-corrected chi connectivity index (χ0v) is 9.14. The Balaban J connectivity index is 0.000000461. The van der Waals surface area contributed by atoms with Gasteiger partial charge >= 0.3 is 0 Å². The Hall–Kier alpha value is -1.11. The van der Waals surface area contributed by atoms with E-state index in [0.29, 0.717) is 0 Å². The molecule has 2 rings (SSSR count). The van der Waals surface area contributed by atoms with Gasteiger partial charge < -0.3 is 5.41 Å². The normalized spacial score (nSPS) is 13.6. The molecule has 1 heteroatoms. The number of hydrogen-bond donors (Lipinski definition) is 1. The number of nitrogens with one attached hydrogen (secondary N) is 1. The van der Waals surface area contributed by atoms with Gasteiger partial charge in [0.05, 0.1) is 0 Å². The van der Waals surface area contributed by atoms with Gasteiger partial charge in [-0.25, -0.2) is 0 Å². The van der Waals surface area contributed by atoms with Crippen molar-refractivity contribution in [1.82, 2.24) is 0 Å². The largest absolute Gasteiger partial charge is 0.308 e. The molecular formula is C13H19N. The first-order valence-corrected chi connectivity index (χ1v) is 5.52. The molecule has 1 aromatic rings. The van der Waals surface area contributed by atoms with Gasteiger partial charge in [0.2, 0.25) is 0 Å². The fourth-order valence-corrected chi connectivity index (χ4v) is 1.84. The molecule has 0 heterocycles. The van der Waals surface area contributed by atoms with Crippen molar-refractivity contribution in [2.75, 3.05) is 0 Å². The number of aryl methyl sites for hydroxylation is 2. The fourth-order valence-electron chi connectivity index (χ4n) is 1.84. The topological polar surface area (TPSA) is 23.9 Å². The number of benzene rings is 1. The van der Waals surface area contributed by atoms with E-state index in [-0.39, 0.29) is 0 Å². The minimum atomic E-state index is 1.04. The molecule has 1 nitrogen and oxygen atoms in total. The molecule has 0 bridgehead atoms. The lowest BCUT2D eigenvalue weighted by atomic mass is 9.91. The van der Waals surface area contributed by atoms with Crippen molar-refractivity contribution in [2.24, 2.45) is 0 Å². The van der Waals surface area contributed by atoms with Gasteiger partial charge in [-0.2, -0.15) is 0 Å². The second kappa shape index (κ2) is 5.58. The van der Waals surface area contributed by atoms with E-state index in [1.807, 2.05) is 19.9 Å². The van der Waals surface area contributed by atoms with Crippen LogP contribution in [-0.2, 0) is 12.8 Å². The molecule has 1 N–H and O–H groups in total. The predicted octanol–water partition coefficient (Wildman–Crippen LogP) is 3.59. The lowest BCUT2D eigenvalue weighted by molar-refractivity contribution is 0.685. The molecular weight excluding hydrogens is 170 g/mol. The van der Waals surface area contributed by atoms with E-state index in [4.69, 9.17) is 5.41 Å². The maximum absolute atomic E-state index is 7.14. The molecule has 0 spiro atoms. The first kappa shape index (κ1) is 11.0. The van der Waals surface area contributed by atoms with Crippen LogP contribution in [0.25, 0.3) is 0 Å². The highest BCUT2D eigenvalue weighted by Crippen LogP contribution is 2.21. The maximum Gasteiger partial charge on any atom is 0.0250 e. The summed E-state index contributed by atoms with van der Waals surface area (Å²) in [6.45, 7) is 4.00. The Morgan fingerprint density at radius 3 is 2.36 bits per heavy atom. The van der Waals surface area contributed by atoms with E-state index < -0.39 is 0 Å². The first-order valence-electron chi connectivity index (χ1n) is 5.52. The van der Waals surface area contributed by atoms with E-state index in [1.54, 1.807) is 0 Å². The summed E-state index contributed by atoms with van der Waals surface area (Å²) in [5.74, 6) is 0. The summed E-state index contributed by atoms with van der Waals surface area (Å²) in [6.07, 6.45) is 6.50. The van der Waals surface area contributed by atoms with E-state index in [0.717, 1.165) is 5.56 Å². The average molecular weight is 189 g/mol. The van der Waals surface area contributed by atoms with Crippen LogP contribution in [0.1, 0.15) is 43.4 Å². The summed E-state index contributed by atoms with van der Waals surface area (Å²) in [5.41, 5.74) is 3.99. The van der Waals surface area contributed by atoms with Gasteiger partial charge in [0, 0.05) is 6.21 Å². The van der Waals surface area contributed by atoms with Crippen molar-refractivity contribution in [3.8, 4) is 0 Å². The van der Waals surface area contributed by atoms with Crippen LogP contribution >= 0.6 is 0 Å². The fraction of sp³-hybridized carbons (Fsp3) is 0.462. The van der Waals surface area contributed by atoms with E-state index in [2.05, 4.69) is 12.1 Å². The molecule has 0 aliphatic heterocycles. The third kappa shape index (κ3) is 2.44. The smallest absolute Gasteiger partial charge is 0.0250 e. The number of rotatable bonds is 1. The number of hydrogen-bond acceptors (Lipinski definition) is 1. The van der Waals surface area contributed by atoms with Gasteiger partial charge in [-0.3, -0.25) is 0 Å². The van der Waals surface area contributed by atoms with Crippen LogP contribution in [0.4, 0.5) is 0 Å². The van der Waals surface area contributed by atoms with E-state index in [9.17, 15) is 0 Å². The lowest BCUT2D eigenvalue weighted by Crippen LogP contribution is -2.02. The van der Waals surface area contributed by atoms with Crippen LogP contribution in [0, 0.1) is 5.41 Å². The monoisotopic (exact) mass is 189 g/mol. The predicted molar refractivity (Wildman–Crippen MR) is 62.3 cm³/mol. The van der Waals surface area contributed by atoms with E-state index in [1.165, 1.54) is 43.0 Å².